The smallest absolute Gasteiger partial charge is 0.308 e. The minimum Gasteiger partial charge on any atom is -0.481 e. The van der Waals surface area contributed by atoms with Gasteiger partial charge in [-0.25, -0.2) is 4.39 Å². The molecule has 0 aromatic heterocycles. The number of aryl methyl sites for hydroxylation is 1. The van der Waals surface area contributed by atoms with Gasteiger partial charge in [-0.2, -0.15) is 0 Å². The highest BCUT2D eigenvalue weighted by Gasteiger charge is 2.23. The maximum absolute atomic E-state index is 13.1. The number of halogens is 1. The minimum atomic E-state index is -0.935. The molecule has 116 valence electrons. The molecule has 0 spiro atoms. The van der Waals surface area contributed by atoms with Gasteiger partial charge in [0.25, 0.3) is 0 Å². The fourth-order valence-electron chi connectivity index (χ4n) is 1.91. The van der Waals surface area contributed by atoms with Gasteiger partial charge < -0.3 is 10.4 Å². The first-order chi connectivity index (χ1) is 9.81. The van der Waals surface area contributed by atoms with Crippen LogP contribution in [0.3, 0.4) is 0 Å². The van der Waals surface area contributed by atoms with Gasteiger partial charge in [-0.05, 0) is 44.4 Å². The summed E-state index contributed by atoms with van der Waals surface area (Å²) in [5.41, 5.74) is 0.849. The largest absolute Gasteiger partial charge is 0.481 e. The number of carbonyl (C=O) groups excluding carboxylic acids is 1. The summed E-state index contributed by atoms with van der Waals surface area (Å²) >= 11 is 0. The lowest BCUT2D eigenvalue weighted by atomic mass is 9.98. The van der Waals surface area contributed by atoms with Gasteiger partial charge in [0.05, 0.1) is 5.92 Å². The topological polar surface area (TPSA) is 66.4 Å². The SMILES string of the molecule is CC(CCc1cccc(F)c1)C(=O)NC(C)C(C)C(=O)O. The number of amides is 1. The van der Waals surface area contributed by atoms with Crippen molar-refractivity contribution >= 4 is 11.9 Å². The van der Waals surface area contributed by atoms with Crippen LogP contribution in [0.5, 0.6) is 0 Å². The monoisotopic (exact) mass is 295 g/mol. The molecule has 0 fully saturated rings. The average molecular weight is 295 g/mol. The van der Waals surface area contributed by atoms with Crippen LogP contribution in [0.1, 0.15) is 32.8 Å². The number of hydrogen-bond donors (Lipinski definition) is 2. The van der Waals surface area contributed by atoms with Crippen molar-refractivity contribution in [3.63, 3.8) is 0 Å². The maximum atomic E-state index is 13.1. The van der Waals surface area contributed by atoms with Gasteiger partial charge in [-0.1, -0.05) is 19.1 Å². The Labute approximate surface area is 124 Å². The molecule has 5 heteroatoms. The number of benzene rings is 1. The summed E-state index contributed by atoms with van der Waals surface area (Å²) in [5.74, 6) is -2.28. The third-order valence-electron chi connectivity index (χ3n) is 3.71. The van der Waals surface area contributed by atoms with Crippen molar-refractivity contribution in [2.24, 2.45) is 11.8 Å². The van der Waals surface area contributed by atoms with Gasteiger partial charge in [0.2, 0.25) is 5.91 Å². The molecule has 0 aliphatic carbocycles. The van der Waals surface area contributed by atoms with E-state index in [0.717, 1.165) is 5.56 Å². The first-order valence-electron chi connectivity index (χ1n) is 7.09. The van der Waals surface area contributed by atoms with Gasteiger partial charge >= 0.3 is 5.97 Å². The number of carboxylic acids is 1. The molecule has 3 unspecified atom stereocenters. The lowest BCUT2D eigenvalue weighted by Gasteiger charge is -2.20. The fourth-order valence-corrected chi connectivity index (χ4v) is 1.91. The molecule has 2 N–H and O–H groups in total. The number of carboxylic acid groups (broad SMARTS) is 1. The van der Waals surface area contributed by atoms with Crippen molar-refractivity contribution in [3.8, 4) is 0 Å². The van der Waals surface area contributed by atoms with Crippen molar-refractivity contribution in [1.29, 1.82) is 0 Å². The Bertz CT molecular complexity index is 504. The highest BCUT2D eigenvalue weighted by atomic mass is 19.1. The molecular formula is C16H22FNO3. The molecule has 0 saturated heterocycles. The van der Waals surface area contributed by atoms with Gasteiger partial charge in [0, 0.05) is 12.0 Å². The standard InChI is InChI=1S/C16H22FNO3/c1-10(7-8-13-5-4-6-14(17)9-13)15(19)18-12(3)11(2)16(20)21/h4-6,9-12H,7-8H2,1-3H3,(H,18,19)(H,20,21). The number of aliphatic carboxylic acids is 1. The van der Waals surface area contributed by atoms with E-state index in [1.165, 1.54) is 12.1 Å². The van der Waals surface area contributed by atoms with E-state index in [0.29, 0.717) is 12.8 Å². The highest BCUT2D eigenvalue weighted by molar-refractivity contribution is 5.79. The highest BCUT2D eigenvalue weighted by Crippen LogP contribution is 2.12. The van der Waals surface area contributed by atoms with E-state index in [1.54, 1.807) is 26.8 Å². The van der Waals surface area contributed by atoms with Gasteiger partial charge in [0.1, 0.15) is 5.82 Å². The predicted molar refractivity (Wildman–Crippen MR) is 78.3 cm³/mol. The summed E-state index contributed by atoms with van der Waals surface area (Å²) < 4.78 is 13.1. The van der Waals surface area contributed by atoms with E-state index in [4.69, 9.17) is 5.11 Å². The second-order valence-electron chi connectivity index (χ2n) is 5.49. The molecule has 0 heterocycles. The molecule has 21 heavy (non-hydrogen) atoms. The summed E-state index contributed by atoms with van der Waals surface area (Å²) in [6, 6.07) is 5.88. The summed E-state index contributed by atoms with van der Waals surface area (Å²) in [4.78, 5) is 22.8. The molecule has 0 aliphatic rings. The molecule has 1 rings (SSSR count). The van der Waals surface area contributed by atoms with Crippen LogP contribution < -0.4 is 5.32 Å². The molecule has 0 radical (unpaired) electrons. The Morgan fingerprint density at radius 3 is 2.52 bits per heavy atom. The van der Waals surface area contributed by atoms with Crippen LogP contribution in [0.2, 0.25) is 0 Å². The molecule has 0 bridgehead atoms. The Morgan fingerprint density at radius 1 is 1.29 bits per heavy atom. The van der Waals surface area contributed by atoms with Gasteiger partial charge in [-0.15, -0.1) is 0 Å². The number of rotatable bonds is 7. The summed E-state index contributed by atoms with van der Waals surface area (Å²) in [5, 5.41) is 11.6. The third-order valence-corrected chi connectivity index (χ3v) is 3.71. The second-order valence-corrected chi connectivity index (χ2v) is 5.49. The molecule has 0 aliphatic heterocycles. The van der Waals surface area contributed by atoms with Crippen molar-refractivity contribution in [3.05, 3.63) is 35.6 Å². The normalized spacial score (nSPS) is 15.0. The van der Waals surface area contributed by atoms with Crippen LogP contribution >= 0.6 is 0 Å². The minimum absolute atomic E-state index is 0.174. The number of carbonyl (C=O) groups is 2. The summed E-state index contributed by atoms with van der Waals surface area (Å²) in [7, 11) is 0. The number of hydrogen-bond acceptors (Lipinski definition) is 2. The summed E-state index contributed by atoms with van der Waals surface area (Å²) in [6.07, 6.45) is 1.19. The predicted octanol–water partition coefficient (Wildman–Crippen LogP) is 2.62. The van der Waals surface area contributed by atoms with Crippen molar-refractivity contribution in [2.45, 2.75) is 39.7 Å². The van der Waals surface area contributed by atoms with E-state index in [9.17, 15) is 14.0 Å². The zero-order chi connectivity index (χ0) is 16.0. The zero-order valence-corrected chi connectivity index (χ0v) is 12.6. The van der Waals surface area contributed by atoms with Crippen LogP contribution in [-0.2, 0) is 16.0 Å². The lowest BCUT2D eigenvalue weighted by Crippen LogP contribution is -2.42. The van der Waals surface area contributed by atoms with E-state index in [2.05, 4.69) is 5.32 Å². The van der Waals surface area contributed by atoms with Crippen molar-refractivity contribution in [2.75, 3.05) is 0 Å². The molecular weight excluding hydrogens is 273 g/mol. The molecule has 1 aromatic carbocycles. The van der Waals surface area contributed by atoms with E-state index in [1.807, 2.05) is 6.07 Å². The van der Waals surface area contributed by atoms with Crippen LogP contribution in [0, 0.1) is 17.7 Å². The average Bonchev–Trinajstić information content (AvgIpc) is 2.43. The second kappa shape index (κ2) is 7.76. The Kier molecular flexibility index (Phi) is 6.34. The van der Waals surface area contributed by atoms with Gasteiger partial charge in [-0.3, -0.25) is 9.59 Å². The Morgan fingerprint density at radius 2 is 1.95 bits per heavy atom. The third kappa shape index (κ3) is 5.53. The fraction of sp³-hybridized carbons (Fsp3) is 0.500. The van der Waals surface area contributed by atoms with Crippen molar-refractivity contribution < 1.29 is 19.1 Å². The Balaban J connectivity index is 2.46. The van der Waals surface area contributed by atoms with Crippen molar-refractivity contribution in [1.82, 2.24) is 5.32 Å². The van der Waals surface area contributed by atoms with Crippen LogP contribution in [0.25, 0.3) is 0 Å². The molecule has 1 amide bonds. The Hall–Kier alpha value is -1.91. The van der Waals surface area contributed by atoms with E-state index >= 15 is 0 Å². The van der Waals surface area contributed by atoms with Crippen LogP contribution in [0.15, 0.2) is 24.3 Å². The maximum Gasteiger partial charge on any atom is 0.308 e. The first-order valence-corrected chi connectivity index (χ1v) is 7.09. The van der Waals surface area contributed by atoms with E-state index in [-0.39, 0.29) is 17.6 Å². The molecule has 4 nitrogen and oxygen atoms in total. The van der Waals surface area contributed by atoms with Crippen LogP contribution in [0.4, 0.5) is 4.39 Å². The zero-order valence-electron chi connectivity index (χ0n) is 12.6. The molecule has 0 saturated carbocycles. The van der Waals surface area contributed by atoms with E-state index < -0.39 is 17.9 Å². The molecule has 1 aromatic rings. The van der Waals surface area contributed by atoms with Crippen LogP contribution in [-0.4, -0.2) is 23.0 Å². The van der Waals surface area contributed by atoms with Gasteiger partial charge in [0.15, 0.2) is 0 Å². The quantitative estimate of drug-likeness (QED) is 0.812. The lowest BCUT2D eigenvalue weighted by molar-refractivity contribution is -0.142. The first kappa shape index (κ1) is 17.1. The number of nitrogens with one attached hydrogen (secondary N) is 1. The summed E-state index contributed by atoms with van der Waals surface area (Å²) in [6.45, 7) is 5.02. The molecule has 3 atom stereocenters.